The zero-order valence-electron chi connectivity index (χ0n) is 11.4. The summed E-state index contributed by atoms with van der Waals surface area (Å²) in [7, 11) is 1.81. The number of hydrogen-bond acceptors (Lipinski definition) is 3. The van der Waals surface area contributed by atoms with Gasteiger partial charge in [-0.1, -0.05) is 26.0 Å². The third-order valence-electron chi connectivity index (χ3n) is 3.18. The summed E-state index contributed by atoms with van der Waals surface area (Å²) in [5.41, 5.74) is 1.89. The fourth-order valence-corrected chi connectivity index (χ4v) is 2.46. The van der Waals surface area contributed by atoms with Gasteiger partial charge in [0, 0.05) is 0 Å². The number of nitrogens with zero attached hydrogens (tertiary/aromatic N) is 2. The summed E-state index contributed by atoms with van der Waals surface area (Å²) in [6.07, 6.45) is 0. The van der Waals surface area contributed by atoms with E-state index in [-0.39, 0.29) is 18.5 Å². The number of rotatable bonds is 5. The van der Waals surface area contributed by atoms with E-state index in [2.05, 4.69) is 23.8 Å². The zero-order valence-corrected chi connectivity index (χ0v) is 11.4. The molecule has 2 aromatic rings. The summed E-state index contributed by atoms with van der Waals surface area (Å²) >= 11 is 0. The average molecular weight is 261 g/mol. The van der Waals surface area contributed by atoms with Gasteiger partial charge in [-0.2, -0.15) is 0 Å². The van der Waals surface area contributed by atoms with E-state index in [4.69, 9.17) is 5.11 Å². The molecule has 0 bridgehead atoms. The Morgan fingerprint density at radius 1 is 1.42 bits per heavy atom. The maximum absolute atomic E-state index is 10.9. The van der Waals surface area contributed by atoms with Gasteiger partial charge >= 0.3 is 5.97 Å². The molecule has 5 nitrogen and oxygen atoms in total. The van der Waals surface area contributed by atoms with Crippen molar-refractivity contribution < 1.29 is 9.90 Å². The average Bonchev–Trinajstić information content (AvgIpc) is 2.70. The molecule has 0 saturated heterocycles. The number of benzene rings is 1. The van der Waals surface area contributed by atoms with Crippen LogP contribution in [-0.2, 0) is 4.79 Å². The number of hydrogen-bond donors (Lipinski definition) is 2. The fourth-order valence-electron chi connectivity index (χ4n) is 2.46. The van der Waals surface area contributed by atoms with E-state index in [1.165, 1.54) is 0 Å². The third-order valence-corrected chi connectivity index (χ3v) is 3.18. The van der Waals surface area contributed by atoms with E-state index < -0.39 is 5.97 Å². The predicted octanol–water partition coefficient (Wildman–Crippen LogP) is 2.28. The summed E-state index contributed by atoms with van der Waals surface area (Å²) in [6.45, 7) is 4.13. The van der Waals surface area contributed by atoms with Crippen LogP contribution < -0.4 is 0 Å². The van der Waals surface area contributed by atoms with E-state index in [1.54, 1.807) is 0 Å². The molecule has 0 saturated carbocycles. The number of aliphatic carboxylic acids is 1. The van der Waals surface area contributed by atoms with Crippen LogP contribution >= 0.6 is 0 Å². The normalized spacial score (nSPS) is 13.3. The lowest BCUT2D eigenvalue weighted by atomic mass is 10.0. The van der Waals surface area contributed by atoms with Crippen LogP contribution in [-0.4, -0.2) is 39.5 Å². The number of imidazole rings is 1. The van der Waals surface area contributed by atoms with Crippen LogP contribution in [0.3, 0.4) is 0 Å². The quantitative estimate of drug-likeness (QED) is 0.866. The minimum absolute atomic E-state index is 0.000107. The third kappa shape index (κ3) is 2.93. The summed E-state index contributed by atoms with van der Waals surface area (Å²) in [5, 5.41) is 8.93. The Hall–Kier alpha value is -1.88. The van der Waals surface area contributed by atoms with E-state index >= 15 is 0 Å². The molecule has 2 N–H and O–H groups in total. The lowest BCUT2D eigenvalue weighted by Crippen LogP contribution is -2.33. The molecule has 1 atom stereocenters. The predicted molar refractivity (Wildman–Crippen MR) is 73.9 cm³/mol. The number of H-pyrrole nitrogens is 1. The van der Waals surface area contributed by atoms with Crippen molar-refractivity contribution in [2.24, 2.45) is 5.92 Å². The molecule has 102 valence electrons. The monoisotopic (exact) mass is 261 g/mol. The first-order valence-electron chi connectivity index (χ1n) is 6.35. The van der Waals surface area contributed by atoms with Gasteiger partial charge in [-0.15, -0.1) is 0 Å². The number of fused-ring (bicyclic) bond motifs is 1. The van der Waals surface area contributed by atoms with E-state index in [9.17, 15) is 4.79 Å². The molecule has 1 aromatic carbocycles. The summed E-state index contributed by atoms with van der Waals surface area (Å²) in [4.78, 5) is 20.5. The smallest absolute Gasteiger partial charge is 0.317 e. The van der Waals surface area contributed by atoms with Gasteiger partial charge in [-0.25, -0.2) is 4.98 Å². The molecule has 0 aliphatic heterocycles. The molecule has 2 rings (SSSR count). The lowest BCUT2D eigenvalue weighted by Gasteiger charge is -2.28. The molecule has 0 aliphatic carbocycles. The van der Waals surface area contributed by atoms with E-state index in [0.717, 1.165) is 16.9 Å². The Bertz CT molecular complexity index is 544. The van der Waals surface area contributed by atoms with Gasteiger partial charge in [0.25, 0.3) is 0 Å². The largest absolute Gasteiger partial charge is 0.480 e. The molecule has 0 aliphatic rings. The minimum Gasteiger partial charge on any atom is -0.480 e. The van der Waals surface area contributed by atoms with Gasteiger partial charge in [0.15, 0.2) is 0 Å². The van der Waals surface area contributed by atoms with Crippen molar-refractivity contribution in [3.63, 3.8) is 0 Å². The second-order valence-corrected chi connectivity index (χ2v) is 5.14. The zero-order chi connectivity index (χ0) is 14.0. The maximum Gasteiger partial charge on any atom is 0.317 e. The molecular weight excluding hydrogens is 242 g/mol. The molecule has 1 aromatic heterocycles. The van der Waals surface area contributed by atoms with E-state index in [1.807, 2.05) is 36.2 Å². The summed E-state index contributed by atoms with van der Waals surface area (Å²) in [5.74, 6) is 0.258. The SMILES string of the molecule is CC(C)C(c1nc2ccccc2[nH]1)N(C)CC(=O)O. The maximum atomic E-state index is 10.9. The van der Waals surface area contributed by atoms with Gasteiger partial charge in [-0.05, 0) is 25.1 Å². The van der Waals surface area contributed by atoms with Crippen molar-refractivity contribution in [1.29, 1.82) is 0 Å². The number of carboxylic acids is 1. The van der Waals surface area contributed by atoms with Crippen molar-refractivity contribution >= 4 is 17.0 Å². The molecule has 1 unspecified atom stereocenters. The Labute approximate surface area is 112 Å². The van der Waals surface area contributed by atoms with Crippen LogP contribution in [0, 0.1) is 5.92 Å². The summed E-state index contributed by atoms with van der Waals surface area (Å²) < 4.78 is 0. The van der Waals surface area contributed by atoms with Crippen LogP contribution in [0.2, 0.25) is 0 Å². The molecule has 0 fully saturated rings. The molecule has 19 heavy (non-hydrogen) atoms. The second-order valence-electron chi connectivity index (χ2n) is 5.14. The highest BCUT2D eigenvalue weighted by Gasteiger charge is 2.25. The number of likely N-dealkylation sites (N-methyl/N-ethyl adjacent to an activating group) is 1. The van der Waals surface area contributed by atoms with Crippen molar-refractivity contribution in [3.05, 3.63) is 30.1 Å². The lowest BCUT2D eigenvalue weighted by molar-refractivity contribution is -0.138. The van der Waals surface area contributed by atoms with Gasteiger partial charge in [-0.3, -0.25) is 9.69 Å². The first-order valence-corrected chi connectivity index (χ1v) is 6.35. The van der Waals surface area contributed by atoms with Crippen LogP contribution in [0.5, 0.6) is 0 Å². The minimum atomic E-state index is -0.829. The first-order chi connectivity index (χ1) is 8.99. The Morgan fingerprint density at radius 3 is 2.68 bits per heavy atom. The van der Waals surface area contributed by atoms with Crippen molar-refractivity contribution in [3.8, 4) is 0 Å². The number of aromatic amines is 1. The number of nitrogens with one attached hydrogen (secondary N) is 1. The Kier molecular flexibility index (Phi) is 3.85. The van der Waals surface area contributed by atoms with Gasteiger partial charge in [0.1, 0.15) is 5.82 Å². The Balaban J connectivity index is 2.35. The van der Waals surface area contributed by atoms with E-state index in [0.29, 0.717) is 0 Å². The van der Waals surface area contributed by atoms with Gasteiger partial charge < -0.3 is 10.1 Å². The van der Waals surface area contributed by atoms with Crippen molar-refractivity contribution in [2.75, 3.05) is 13.6 Å². The standard InChI is InChI=1S/C14H19N3O2/c1-9(2)13(17(3)8-12(18)19)14-15-10-6-4-5-7-11(10)16-14/h4-7,9,13H,8H2,1-3H3,(H,15,16)(H,18,19). The topological polar surface area (TPSA) is 69.2 Å². The van der Waals surface area contributed by atoms with Crippen LogP contribution in [0.15, 0.2) is 24.3 Å². The van der Waals surface area contributed by atoms with Crippen LogP contribution in [0.25, 0.3) is 11.0 Å². The molecule has 5 heteroatoms. The van der Waals surface area contributed by atoms with Crippen molar-refractivity contribution in [1.82, 2.24) is 14.9 Å². The van der Waals surface area contributed by atoms with Gasteiger partial charge in [0.2, 0.25) is 0 Å². The van der Waals surface area contributed by atoms with Crippen LogP contribution in [0.4, 0.5) is 0 Å². The first kappa shape index (κ1) is 13.5. The highest BCUT2D eigenvalue weighted by molar-refractivity contribution is 5.75. The number of carboxylic acid groups (broad SMARTS) is 1. The molecule has 0 radical (unpaired) electrons. The molecule has 0 spiro atoms. The fraction of sp³-hybridized carbons (Fsp3) is 0.429. The molecular formula is C14H19N3O2. The highest BCUT2D eigenvalue weighted by atomic mass is 16.4. The summed E-state index contributed by atoms with van der Waals surface area (Å²) in [6, 6.07) is 7.78. The number of aromatic nitrogens is 2. The van der Waals surface area contributed by atoms with Crippen molar-refractivity contribution in [2.45, 2.75) is 19.9 Å². The van der Waals surface area contributed by atoms with Crippen LogP contribution in [0.1, 0.15) is 25.7 Å². The second kappa shape index (κ2) is 5.40. The van der Waals surface area contributed by atoms with Gasteiger partial charge in [0.05, 0.1) is 23.6 Å². The Morgan fingerprint density at radius 2 is 2.11 bits per heavy atom. The molecule has 0 amide bonds. The number of para-hydroxylation sites is 2. The molecule has 1 heterocycles. The highest BCUT2D eigenvalue weighted by Crippen LogP contribution is 2.26. The number of carbonyl (C=O) groups is 1.